The minimum Gasteiger partial charge on any atom is -0.462 e. The van der Waals surface area contributed by atoms with Crippen LogP contribution in [0.4, 0.5) is 0 Å². The highest BCUT2D eigenvalue weighted by Crippen LogP contribution is 2.16. The van der Waals surface area contributed by atoms with Crippen molar-refractivity contribution < 1.29 is 28.6 Å². The smallest absolute Gasteiger partial charge is 0.306 e. The molecule has 0 aliphatic rings. The summed E-state index contributed by atoms with van der Waals surface area (Å²) < 4.78 is 16.7. The fourth-order valence-corrected chi connectivity index (χ4v) is 7.03. The minimum absolute atomic E-state index is 0.0632. The molecule has 1 unspecified atom stereocenters. The second-order valence-electron chi connectivity index (χ2n) is 16.0. The van der Waals surface area contributed by atoms with Gasteiger partial charge in [0.05, 0.1) is 0 Å². The van der Waals surface area contributed by atoms with Gasteiger partial charge in [0, 0.05) is 19.3 Å². The lowest BCUT2D eigenvalue weighted by atomic mass is 10.0. The molecule has 0 bridgehead atoms. The number of unbranched alkanes of at least 4 members (excludes halogenated alkanes) is 32. The van der Waals surface area contributed by atoms with E-state index in [2.05, 4.69) is 20.8 Å². The first-order valence-corrected chi connectivity index (χ1v) is 23.5. The van der Waals surface area contributed by atoms with Crippen molar-refractivity contribution in [3.05, 3.63) is 0 Å². The van der Waals surface area contributed by atoms with Gasteiger partial charge in [-0.3, -0.25) is 14.4 Å². The van der Waals surface area contributed by atoms with E-state index in [-0.39, 0.29) is 31.1 Å². The summed E-state index contributed by atoms with van der Waals surface area (Å²) in [5.41, 5.74) is 0. The SMILES string of the molecule is CCCCCCCCCCCCCCCCCCC(=O)OCC(COC(=O)CCCCCCCC)OC(=O)CCCCCCCCCCCCCCC. The van der Waals surface area contributed by atoms with Gasteiger partial charge in [0.2, 0.25) is 0 Å². The van der Waals surface area contributed by atoms with Gasteiger partial charge >= 0.3 is 17.9 Å². The lowest BCUT2D eigenvalue weighted by molar-refractivity contribution is -0.167. The zero-order chi connectivity index (χ0) is 38.7. The second-order valence-corrected chi connectivity index (χ2v) is 16.0. The van der Waals surface area contributed by atoms with E-state index in [0.29, 0.717) is 19.3 Å². The molecule has 0 fully saturated rings. The van der Waals surface area contributed by atoms with Crippen LogP contribution in [-0.4, -0.2) is 37.2 Å². The predicted octanol–water partition coefficient (Wildman–Crippen LogP) is 14.9. The van der Waals surface area contributed by atoms with E-state index in [1.807, 2.05) is 0 Å². The molecule has 0 radical (unpaired) electrons. The van der Waals surface area contributed by atoms with Crippen LogP contribution in [0.1, 0.15) is 265 Å². The molecule has 6 heteroatoms. The van der Waals surface area contributed by atoms with Gasteiger partial charge in [-0.25, -0.2) is 0 Å². The highest BCUT2D eigenvalue weighted by atomic mass is 16.6. The van der Waals surface area contributed by atoms with Crippen LogP contribution in [0.15, 0.2) is 0 Å². The maximum atomic E-state index is 12.7. The minimum atomic E-state index is -0.757. The Morgan fingerprint density at radius 2 is 0.509 bits per heavy atom. The second kappa shape index (κ2) is 43.1. The highest BCUT2D eigenvalue weighted by molar-refractivity contribution is 5.71. The van der Waals surface area contributed by atoms with Crippen LogP contribution >= 0.6 is 0 Å². The Morgan fingerprint density at radius 3 is 0.755 bits per heavy atom. The third-order valence-electron chi connectivity index (χ3n) is 10.6. The molecule has 0 rings (SSSR count). The van der Waals surface area contributed by atoms with Crippen LogP contribution in [-0.2, 0) is 28.6 Å². The van der Waals surface area contributed by atoms with Crippen molar-refractivity contribution in [2.75, 3.05) is 13.2 Å². The summed E-state index contributed by atoms with van der Waals surface area (Å²) in [7, 11) is 0. The van der Waals surface area contributed by atoms with Gasteiger partial charge in [-0.1, -0.05) is 226 Å². The molecule has 0 aromatic rings. The van der Waals surface area contributed by atoms with Crippen molar-refractivity contribution in [3.63, 3.8) is 0 Å². The Hall–Kier alpha value is -1.59. The fraction of sp³-hybridized carbons (Fsp3) is 0.936. The molecule has 53 heavy (non-hydrogen) atoms. The van der Waals surface area contributed by atoms with Crippen molar-refractivity contribution in [1.82, 2.24) is 0 Å². The Balaban J connectivity index is 4.19. The molecule has 0 aromatic heterocycles. The topological polar surface area (TPSA) is 78.9 Å². The average Bonchev–Trinajstić information content (AvgIpc) is 3.15. The summed E-state index contributed by atoms with van der Waals surface area (Å²) >= 11 is 0. The lowest BCUT2D eigenvalue weighted by Gasteiger charge is -2.18. The number of rotatable bonds is 43. The Morgan fingerprint density at radius 1 is 0.302 bits per heavy atom. The zero-order valence-electron chi connectivity index (χ0n) is 35.8. The summed E-state index contributed by atoms with van der Waals surface area (Å²) in [6, 6.07) is 0. The van der Waals surface area contributed by atoms with Crippen molar-refractivity contribution in [2.24, 2.45) is 0 Å². The largest absolute Gasteiger partial charge is 0.462 e. The van der Waals surface area contributed by atoms with Crippen LogP contribution in [0, 0.1) is 0 Å². The van der Waals surface area contributed by atoms with Crippen LogP contribution in [0.5, 0.6) is 0 Å². The Bertz CT molecular complexity index is 783. The van der Waals surface area contributed by atoms with E-state index in [4.69, 9.17) is 14.2 Å². The Kier molecular flexibility index (Phi) is 41.8. The first kappa shape index (κ1) is 51.4. The summed E-state index contributed by atoms with van der Waals surface area (Å²) in [4.78, 5) is 37.6. The van der Waals surface area contributed by atoms with Crippen LogP contribution in [0.25, 0.3) is 0 Å². The highest BCUT2D eigenvalue weighted by Gasteiger charge is 2.19. The molecular formula is C47H90O6. The number of ether oxygens (including phenoxy) is 3. The summed E-state index contributed by atoms with van der Waals surface area (Å²) in [5.74, 6) is -0.859. The standard InChI is InChI=1S/C47H90O6/c1-4-7-10-13-16-18-20-22-23-24-26-27-29-31-34-37-40-46(49)52-43-44(42-51-45(48)39-36-33-15-12-9-6-3)53-47(50)41-38-35-32-30-28-25-21-19-17-14-11-8-5-2/h44H,4-43H2,1-3H3. The van der Waals surface area contributed by atoms with Crippen molar-refractivity contribution in [1.29, 1.82) is 0 Å². The van der Waals surface area contributed by atoms with E-state index in [0.717, 1.165) is 57.8 Å². The van der Waals surface area contributed by atoms with Crippen LogP contribution < -0.4 is 0 Å². The molecular weight excluding hydrogens is 661 g/mol. The molecule has 314 valence electrons. The van der Waals surface area contributed by atoms with Crippen molar-refractivity contribution in [2.45, 2.75) is 271 Å². The van der Waals surface area contributed by atoms with Crippen LogP contribution in [0.2, 0.25) is 0 Å². The molecule has 1 atom stereocenters. The van der Waals surface area contributed by atoms with Gasteiger partial charge in [-0.05, 0) is 19.3 Å². The fourth-order valence-electron chi connectivity index (χ4n) is 7.03. The molecule has 0 spiro atoms. The van der Waals surface area contributed by atoms with Crippen LogP contribution in [0.3, 0.4) is 0 Å². The molecule has 0 N–H and O–H groups in total. The van der Waals surface area contributed by atoms with Gasteiger partial charge in [0.1, 0.15) is 13.2 Å². The monoisotopic (exact) mass is 751 g/mol. The number of hydrogen-bond acceptors (Lipinski definition) is 6. The number of carbonyl (C=O) groups is 3. The van der Waals surface area contributed by atoms with Crippen molar-refractivity contribution >= 4 is 17.9 Å². The predicted molar refractivity (Wildman–Crippen MR) is 224 cm³/mol. The van der Waals surface area contributed by atoms with E-state index in [1.54, 1.807) is 0 Å². The zero-order valence-corrected chi connectivity index (χ0v) is 35.8. The molecule has 0 aliphatic heterocycles. The van der Waals surface area contributed by atoms with Gasteiger partial charge < -0.3 is 14.2 Å². The molecule has 0 aliphatic carbocycles. The molecule has 0 saturated heterocycles. The maximum absolute atomic E-state index is 12.7. The molecule has 0 saturated carbocycles. The number of carbonyl (C=O) groups excluding carboxylic acids is 3. The van der Waals surface area contributed by atoms with Gasteiger partial charge in [0.15, 0.2) is 6.10 Å². The maximum Gasteiger partial charge on any atom is 0.306 e. The summed E-state index contributed by atoms with van der Waals surface area (Å²) in [5, 5.41) is 0. The Labute approximate surface area is 329 Å². The van der Waals surface area contributed by atoms with Gasteiger partial charge in [-0.2, -0.15) is 0 Å². The molecule has 0 heterocycles. The first-order valence-electron chi connectivity index (χ1n) is 23.5. The first-order chi connectivity index (χ1) is 26.0. The van der Waals surface area contributed by atoms with Gasteiger partial charge in [0.25, 0.3) is 0 Å². The number of hydrogen-bond donors (Lipinski definition) is 0. The third-order valence-corrected chi connectivity index (χ3v) is 10.6. The quantitative estimate of drug-likeness (QED) is 0.0351. The average molecular weight is 751 g/mol. The normalized spacial score (nSPS) is 11.8. The van der Waals surface area contributed by atoms with Crippen molar-refractivity contribution in [3.8, 4) is 0 Å². The van der Waals surface area contributed by atoms with E-state index < -0.39 is 6.10 Å². The summed E-state index contributed by atoms with van der Waals surface area (Å²) in [6.07, 6.45) is 43.9. The lowest BCUT2D eigenvalue weighted by Crippen LogP contribution is -2.30. The summed E-state index contributed by atoms with van der Waals surface area (Å²) in [6.45, 7) is 6.60. The third kappa shape index (κ3) is 41.4. The molecule has 0 amide bonds. The van der Waals surface area contributed by atoms with E-state index >= 15 is 0 Å². The number of esters is 3. The molecule has 6 nitrogen and oxygen atoms in total. The molecule has 0 aromatic carbocycles. The van der Waals surface area contributed by atoms with E-state index in [1.165, 1.54) is 167 Å². The van der Waals surface area contributed by atoms with Gasteiger partial charge in [-0.15, -0.1) is 0 Å². The van der Waals surface area contributed by atoms with E-state index in [9.17, 15) is 14.4 Å².